The lowest BCUT2D eigenvalue weighted by Gasteiger charge is -2.35. The van der Waals surface area contributed by atoms with Crippen LogP contribution >= 0.6 is 0 Å². The Kier molecular flexibility index (Phi) is 5.24. The highest BCUT2D eigenvalue weighted by Crippen LogP contribution is 2.35. The second-order valence-corrected chi connectivity index (χ2v) is 7.90. The molecule has 1 aliphatic rings. The fourth-order valence-electron chi connectivity index (χ4n) is 4.05. The van der Waals surface area contributed by atoms with Gasteiger partial charge in [0.25, 0.3) is 0 Å². The van der Waals surface area contributed by atoms with Crippen LogP contribution in [0.2, 0.25) is 0 Å². The van der Waals surface area contributed by atoms with E-state index in [1.165, 1.54) is 5.56 Å². The van der Waals surface area contributed by atoms with Crippen LogP contribution in [0.1, 0.15) is 11.5 Å². The van der Waals surface area contributed by atoms with Gasteiger partial charge in [-0.1, -0.05) is 35.0 Å². The van der Waals surface area contributed by atoms with E-state index in [1.807, 2.05) is 37.3 Å². The van der Waals surface area contributed by atoms with E-state index in [4.69, 9.17) is 4.52 Å². The van der Waals surface area contributed by atoms with E-state index in [2.05, 4.69) is 24.9 Å². The summed E-state index contributed by atoms with van der Waals surface area (Å²) < 4.78 is 5.45. The molecule has 4 aromatic rings. The van der Waals surface area contributed by atoms with Gasteiger partial charge in [0.15, 0.2) is 0 Å². The number of nitro groups is 1. The molecule has 5 rings (SSSR count). The van der Waals surface area contributed by atoms with E-state index in [-0.39, 0.29) is 10.6 Å². The van der Waals surface area contributed by atoms with Crippen LogP contribution in [0.15, 0.2) is 59.3 Å². The maximum atomic E-state index is 11.8. The molecule has 9 nitrogen and oxygen atoms in total. The second-order valence-electron chi connectivity index (χ2n) is 7.90. The first-order valence-electron chi connectivity index (χ1n) is 10.5. The molecule has 0 atom stereocenters. The largest absolute Gasteiger partial charge is 0.363 e. The first-order valence-corrected chi connectivity index (χ1v) is 10.5. The van der Waals surface area contributed by atoms with Crippen LogP contribution in [0, 0.1) is 17.0 Å². The van der Waals surface area contributed by atoms with Gasteiger partial charge in [0.1, 0.15) is 5.69 Å². The van der Waals surface area contributed by atoms with Crippen LogP contribution in [-0.2, 0) is 6.54 Å². The Balaban J connectivity index is 1.28. The molecule has 3 heterocycles. The lowest BCUT2D eigenvalue weighted by Crippen LogP contribution is -2.46. The van der Waals surface area contributed by atoms with Crippen molar-refractivity contribution >= 4 is 22.3 Å². The van der Waals surface area contributed by atoms with Gasteiger partial charge in [0.05, 0.1) is 22.4 Å². The van der Waals surface area contributed by atoms with Gasteiger partial charge >= 0.3 is 5.69 Å². The summed E-state index contributed by atoms with van der Waals surface area (Å²) in [5.74, 6) is 1.15. The number of aromatic nitrogens is 3. The molecule has 2 aromatic carbocycles. The number of aryl methyl sites for hydroxylation is 1. The molecule has 0 N–H and O–H groups in total. The number of pyridine rings is 1. The normalized spacial score (nSPS) is 14.7. The number of anilines is 1. The van der Waals surface area contributed by atoms with Gasteiger partial charge in [-0.15, -0.1) is 0 Å². The summed E-state index contributed by atoms with van der Waals surface area (Å²) in [4.78, 5) is 24.6. The summed E-state index contributed by atoms with van der Waals surface area (Å²) in [6.45, 7) is 5.41. The number of nitro benzene ring substituents is 1. The van der Waals surface area contributed by atoms with Crippen LogP contribution in [0.25, 0.3) is 22.3 Å². The lowest BCUT2D eigenvalue weighted by atomic mass is 10.1. The Morgan fingerprint density at radius 2 is 1.84 bits per heavy atom. The summed E-state index contributed by atoms with van der Waals surface area (Å²) in [7, 11) is 0. The third kappa shape index (κ3) is 3.90. The Labute approximate surface area is 184 Å². The van der Waals surface area contributed by atoms with Gasteiger partial charge < -0.3 is 9.42 Å². The fourth-order valence-corrected chi connectivity index (χ4v) is 4.05. The Bertz CT molecular complexity index is 1260. The van der Waals surface area contributed by atoms with Gasteiger partial charge in [-0.3, -0.25) is 20.0 Å². The van der Waals surface area contributed by atoms with Crippen molar-refractivity contribution in [3.63, 3.8) is 0 Å². The summed E-state index contributed by atoms with van der Waals surface area (Å²) in [6, 6.07) is 15.1. The quantitative estimate of drug-likeness (QED) is 0.348. The standard InChI is InChI=1S/C23H22N6O3/c1-16-4-6-17(7-5-16)23-25-21(32-26-23)15-27-11-13-28(14-12-27)20-9-8-19-18(3-2-10-24-19)22(20)29(30)31/h2-10H,11-15H2,1H3. The van der Waals surface area contributed by atoms with Crippen molar-refractivity contribution in [3.8, 4) is 11.4 Å². The molecule has 0 bridgehead atoms. The van der Waals surface area contributed by atoms with Crippen molar-refractivity contribution < 1.29 is 9.45 Å². The minimum absolute atomic E-state index is 0.115. The topological polar surface area (TPSA) is 101 Å². The Morgan fingerprint density at radius 3 is 2.59 bits per heavy atom. The van der Waals surface area contributed by atoms with Gasteiger partial charge in [0, 0.05) is 37.9 Å². The highest BCUT2D eigenvalue weighted by atomic mass is 16.6. The number of piperazine rings is 1. The van der Waals surface area contributed by atoms with Gasteiger partial charge in [0.2, 0.25) is 11.7 Å². The zero-order valence-corrected chi connectivity index (χ0v) is 17.6. The molecule has 0 radical (unpaired) electrons. The molecular weight excluding hydrogens is 408 g/mol. The number of hydrogen-bond acceptors (Lipinski definition) is 8. The second kappa shape index (κ2) is 8.35. The first kappa shape index (κ1) is 20.1. The summed E-state index contributed by atoms with van der Waals surface area (Å²) in [6.07, 6.45) is 1.65. The SMILES string of the molecule is Cc1ccc(-c2noc(CN3CCN(c4ccc5ncccc5c4[N+](=O)[O-])CC3)n2)cc1. The van der Waals surface area contributed by atoms with Gasteiger partial charge in [-0.2, -0.15) is 4.98 Å². The van der Waals surface area contributed by atoms with Crippen LogP contribution < -0.4 is 4.90 Å². The lowest BCUT2D eigenvalue weighted by molar-refractivity contribution is -0.382. The van der Waals surface area contributed by atoms with E-state index in [0.29, 0.717) is 47.9 Å². The Morgan fingerprint density at radius 1 is 1.06 bits per heavy atom. The van der Waals surface area contributed by atoms with Crippen molar-refractivity contribution in [3.05, 3.63) is 76.3 Å². The third-order valence-corrected chi connectivity index (χ3v) is 5.77. The monoisotopic (exact) mass is 430 g/mol. The molecule has 32 heavy (non-hydrogen) atoms. The number of rotatable bonds is 5. The maximum Gasteiger partial charge on any atom is 0.301 e. The first-order chi connectivity index (χ1) is 15.6. The van der Waals surface area contributed by atoms with Crippen LogP contribution in [0.4, 0.5) is 11.4 Å². The molecule has 1 fully saturated rings. The van der Waals surface area contributed by atoms with E-state index >= 15 is 0 Å². The number of fused-ring (bicyclic) bond motifs is 1. The summed E-state index contributed by atoms with van der Waals surface area (Å²) >= 11 is 0. The van der Waals surface area contributed by atoms with Gasteiger partial charge in [-0.25, -0.2) is 0 Å². The average Bonchev–Trinajstić information content (AvgIpc) is 3.27. The summed E-state index contributed by atoms with van der Waals surface area (Å²) in [5, 5.41) is 16.5. The predicted octanol–water partition coefficient (Wildman–Crippen LogP) is 3.82. The number of hydrogen-bond donors (Lipinski definition) is 0. The molecule has 0 aliphatic carbocycles. The van der Waals surface area contributed by atoms with Crippen LogP contribution in [-0.4, -0.2) is 51.1 Å². The molecule has 1 saturated heterocycles. The minimum atomic E-state index is -0.309. The predicted molar refractivity (Wildman–Crippen MR) is 120 cm³/mol. The highest BCUT2D eigenvalue weighted by Gasteiger charge is 2.26. The van der Waals surface area contributed by atoms with Crippen molar-refractivity contribution in [2.75, 3.05) is 31.1 Å². The van der Waals surface area contributed by atoms with E-state index in [1.54, 1.807) is 24.4 Å². The minimum Gasteiger partial charge on any atom is -0.363 e. The van der Waals surface area contributed by atoms with E-state index in [9.17, 15) is 10.1 Å². The fraction of sp³-hybridized carbons (Fsp3) is 0.261. The van der Waals surface area contributed by atoms with E-state index in [0.717, 1.165) is 18.7 Å². The molecule has 0 spiro atoms. The summed E-state index contributed by atoms with van der Waals surface area (Å²) in [5.41, 5.74) is 3.48. The molecule has 0 unspecified atom stereocenters. The smallest absolute Gasteiger partial charge is 0.301 e. The molecule has 9 heteroatoms. The van der Waals surface area contributed by atoms with Crippen molar-refractivity contribution in [1.29, 1.82) is 0 Å². The Hall–Kier alpha value is -3.85. The molecule has 2 aromatic heterocycles. The molecule has 162 valence electrons. The molecule has 0 saturated carbocycles. The third-order valence-electron chi connectivity index (χ3n) is 5.77. The molecule has 0 amide bonds. The van der Waals surface area contributed by atoms with Crippen LogP contribution in [0.5, 0.6) is 0 Å². The van der Waals surface area contributed by atoms with E-state index < -0.39 is 0 Å². The van der Waals surface area contributed by atoms with Crippen molar-refractivity contribution in [2.24, 2.45) is 0 Å². The average molecular weight is 430 g/mol. The van der Waals surface area contributed by atoms with Gasteiger partial charge in [-0.05, 0) is 31.2 Å². The number of benzene rings is 2. The zero-order valence-electron chi connectivity index (χ0n) is 17.6. The van der Waals surface area contributed by atoms with Crippen molar-refractivity contribution in [2.45, 2.75) is 13.5 Å². The number of nitrogens with zero attached hydrogens (tertiary/aromatic N) is 6. The molecule has 1 aliphatic heterocycles. The highest BCUT2D eigenvalue weighted by molar-refractivity contribution is 5.94. The maximum absolute atomic E-state index is 11.8. The van der Waals surface area contributed by atoms with Crippen LogP contribution in [0.3, 0.4) is 0 Å². The zero-order chi connectivity index (χ0) is 22.1. The molecular formula is C23H22N6O3. The van der Waals surface area contributed by atoms with Crippen molar-refractivity contribution in [1.82, 2.24) is 20.0 Å².